The number of fused-ring (bicyclic) bond motifs is 2. The van der Waals surface area contributed by atoms with E-state index in [4.69, 9.17) is 15.9 Å². The van der Waals surface area contributed by atoms with Gasteiger partial charge in [-0.2, -0.15) is 9.97 Å². The van der Waals surface area contributed by atoms with Gasteiger partial charge in [0.2, 0.25) is 5.88 Å². The molecule has 2 aromatic carbocycles. The van der Waals surface area contributed by atoms with Gasteiger partial charge in [0, 0.05) is 44.5 Å². The van der Waals surface area contributed by atoms with Crippen LogP contribution in [-0.4, -0.2) is 77.8 Å². The van der Waals surface area contributed by atoms with Crippen LogP contribution in [0.25, 0.3) is 32.9 Å². The van der Waals surface area contributed by atoms with Crippen LogP contribution in [0.15, 0.2) is 30.3 Å². The third-order valence-electron chi connectivity index (χ3n) is 8.18. The monoisotopic (exact) mass is 782 g/mol. The summed E-state index contributed by atoms with van der Waals surface area (Å²) in [7, 11) is 1.41. The van der Waals surface area contributed by atoms with Crippen LogP contribution in [0.3, 0.4) is 0 Å². The van der Waals surface area contributed by atoms with E-state index in [9.17, 15) is 13.2 Å². The Labute approximate surface area is 296 Å². The molecule has 7 rings (SSSR count). The summed E-state index contributed by atoms with van der Waals surface area (Å²) in [5.41, 5.74) is 0.307. The van der Waals surface area contributed by atoms with Crippen LogP contribution in [0.1, 0.15) is 53.4 Å². The number of rotatable bonds is 2. The second-order valence-corrected chi connectivity index (χ2v) is 11.9. The van der Waals surface area contributed by atoms with Crippen molar-refractivity contribution in [2.75, 3.05) is 45.2 Å². The van der Waals surface area contributed by atoms with E-state index in [2.05, 4.69) is 45.4 Å². The fraction of sp³-hybridized carbons (Fsp3) is 0.457. The Balaban J connectivity index is 0.000000393. The van der Waals surface area contributed by atoms with Gasteiger partial charge in [-0.15, -0.1) is 30.4 Å². The second kappa shape index (κ2) is 16.3. The molecule has 48 heavy (non-hydrogen) atoms. The van der Waals surface area contributed by atoms with Gasteiger partial charge in [-0.05, 0) is 37.8 Å². The molecule has 2 saturated heterocycles. The minimum atomic E-state index is -2.37. The Bertz CT molecular complexity index is 1780. The normalized spacial score (nSPS) is 19.6. The third-order valence-corrected chi connectivity index (χ3v) is 8.18. The zero-order chi connectivity index (χ0) is 33.7. The first-order valence-corrected chi connectivity index (χ1v) is 16.0. The number of nitrogens with one attached hydrogen (secondary N) is 2. The zero-order valence-corrected chi connectivity index (χ0v) is 29.8. The van der Waals surface area contributed by atoms with Crippen LogP contribution in [0.4, 0.5) is 23.4 Å². The molecule has 3 aliphatic rings. The second-order valence-electron chi connectivity index (χ2n) is 11.9. The molecule has 4 aromatic rings. The summed E-state index contributed by atoms with van der Waals surface area (Å²) in [6.45, 7) is 9.02. The van der Waals surface area contributed by atoms with Crippen molar-refractivity contribution in [3.05, 3.63) is 47.5 Å². The van der Waals surface area contributed by atoms with Crippen molar-refractivity contribution in [2.24, 2.45) is 0 Å². The molecule has 0 aliphatic carbocycles. The summed E-state index contributed by atoms with van der Waals surface area (Å²) in [5, 5.41) is 7.88. The van der Waals surface area contributed by atoms with Crippen LogP contribution in [0, 0.1) is 24.0 Å². The van der Waals surface area contributed by atoms with E-state index < -0.39 is 17.6 Å². The van der Waals surface area contributed by atoms with E-state index in [0.29, 0.717) is 47.1 Å². The molecule has 2 N–H and O–H groups in total. The van der Waals surface area contributed by atoms with Crippen molar-refractivity contribution in [3.8, 4) is 35.5 Å². The smallest absolute Gasteiger partial charge is 0.318 e. The van der Waals surface area contributed by atoms with Crippen LogP contribution in [0.5, 0.6) is 11.9 Å². The van der Waals surface area contributed by atoms with E-state index in [1.807, 2.05) is 11.8 Å². The fourth-order valence-electron chi connectivity index (χ4n) is 5.88. The molecule has 2 atom stereocenters. The summed E-state index contributed by atoms with van der Waals surface area (Å²) >= 11 is 0. The van der Waals surface area contributed by atoms with E-state index in [1.54, 1.807) is 24.3 Å². The number of anilines is 1. The van der Waals surface area contributed by atoms with Crippen molar-refractivity contribution in [3.63, 3.8) is 0 Å². The highest BCUT2D eigenvalue weighted by Gasteiger charge is 2.48. The molecule has 8 nitrogen and oxygen atoms in total. The highest BCUT2D eigenvalue weighted by molar-refractivity contribution is 14.0. The number of terminal acetylenes is 1. The standard InChI is InChI=1S/C26H23F2N5O2.C6H9F2N.C3H8.HI.H2/c1-4-16-18(27)9-8-15-6-5-7-17(19(15)16)22-21(28)23-20-24(33-26(32-23)34-3)30-13-12-29-11-10-14(2)35-25(20)31-22;7-6(8)3-5-1-2-9(5)4-6;1-3-2;;/h1,5-9,14,29H,10-13H2,2-3H3,(H,30,32,33);5H,1-4H2;3H2,1-2H3;2*1H/t14-;;;;/m0..../s1. The number of nitrogens with zero attached hydrogens (tertiary/aromatic N) is 4. The molecule has 0 bridgehead atoms. The van der Waals surface area contributed by atoms with E-state index in [0.717, 1.165) is 19.5 Å². The molecule has 13 heteroatoms. The van der Waals surface area contributed by atoms with Crippen molar-refractivity contribution < 1.29 is 28.5 Å². The molecule has 0 radical (unpaired) electrons. The first-order chi connectivity index (χ1) is 22.6. The largest absolute Gasteiger partial charge is 0.474 e. The van der Waals surface area contributed by atoms with Crippen LogP contribution in [0.2, 0.25) is 0 Å². The molecular weight excluding hydrogens is 739 g/mol. The zero-order valence-electron chi connectivity index (χ0n) is 27.5. The van der Waals surface area contributed by atoms with Crippen LogP contribution < -0.4 is 20.1 Å². The number of hydrogen-bond acceptors (Lipinski definition) is 8. The van der Waals surface area contributed by atoms with E-state index >= 15 is 4.39 Å². The van der Waals surface area contributed by atoms with Gasteiger partial charge in [-0.3, -0.25) is 4.90 Å². The van der Waals surface area contributed by atoms with Gasteiger partial charge in [-0.25, -0.2) is 22.5 Å². The van der Waals surface area contributed by atoms with Crippen molar-refractivity contribution in [1.82, 2.24) is 25.2 Å². The summed E-state index contributed by atoms with van der Waals surface area (Å²) in [5.74, 6) is -0.730. The molecule has 260 valence electrons. The molecule has 0 spiro atoms. The molecule has 2 aromatic heterocycles. The lowest BCUT2D eigenvalue weighted by atomic mass is 9.96. The maximum Gasteiger partial charge on any atom is 0.318 e. The van der Waals surface area contributed by atoms with Gasteiger partial charge in [0.15, 0.2) is 5.82 Å². The number of aromatic nitrogens is 3. The predicted molar refractivity (Wildman–Crippen MR) is 194 cm³/mol. The average molecular weight is 783 g/mol. The minimum absolute atomic E-state index is 0. The maximum atomic E-state index is 16.2. The quantitative estimate of drug-likeness (QED) is 0.122. The number of pyridine rings is 1. The van der Waals surface area contributed by atoms with Gasteiger partial charge in [0.1, 0.15) is 28.2 Å². The SMILES string of the molecule is C#Cc1c(F)ccc2cccc(-c3nc4c5c(nc(OC)nc5c3F)NCCNCC[C@H](C)O4)c12.CCC.FC1(F)CC2CCN2C1.I.[HH]. The first-order valence-electron chi connectivity index (χ1n) is 16.0. The average Bonchev–Trinajstić information content (AvgIpc) is 3.24. The lowest BCUT2D eigenvalue weighted by molar-refractivity contribution is 0.0132. The number of methoxy groups -OCH3 is 1. The molecule has 5 heterocycles. The number of ether oxygens (including phenoxy) is 2. The Hall–Kier alpha value is -3.48. The van der Waals surface area contributed by atoms with Gasteiger partial charge in [0.25, 0.3) is 5.92 Å². The fourth-order valence-corrected chi connectivity index (χ4v) is 5.88. The summed E-state index contributed by atoms with van der Waals surface area (Å²) < 4.78 is 67.1. The van der Waals surface area contributed by atoms with Crippen LogP contribution >= 0.6 is 24.0 Å². The number of hydrogen-bond donors (Lipinski definition) is 2. The van der Waals surface area contributed by atoms with Gasteiger partial charge >= 0.3 is 6.01 Å². The predicted octanol–water partition coefficient (Wildman–Crippen LogP) is 7.67. The molecule has 3 aliphatic heterocycles. The topological polar surface area (TPSA) is 84.4 Å². The first kappa shape index (κ1) is 37.3. The van der Waals surface area contributed by atoms with Gasteiger partial charge in [-0.1, -0.05) is 50.5 Å². The Morgan fingerprint density at radius 2 is 1.85 bits per heavy atom. The Kier molecular flexibility index (Phi) is 12.7. The summed E-state index contributed by atoms with van der Waals surface area (Å²) in [6, 6.07) is 8.30. The number of alkyl halides is 2. The van der Waals surface area contributed by atoms with E-state index in [1.165, 1.54) is 19.6 Å². The van der Waals surface area contributed by atoms with Crippen molar-refractivity contribution in [2.45, 2.75) is 64.5 Å². The van der Waals surface area contributed by atoms with Crippen LogP contribution in [-0.2, 0) is 0 Å². The van der Waals surface area contributed by atoms with E-state index in [-0.39, 0.29) is 79.2 Å². The highest BCUT2D eigenvalue weighted by Crippen LogP contribution is 2.40. The summed E-state index contributed by atoms with van der Waals surface area (Å²) in [4.78, 5) is 15.1. The lowest BCUT2D eigenvalue weighted by Crippen LogP contribution is -2.42. The number of benzene rings is 2. The summed E-state index contributed by atoms with van der Waals surface area (Å²) in [6.07, 6.45) is 8.46. The molecule has 0 saturated carbocycles. The third kappa shape index (κ3) is 8.03. The lowest BCUT2D eigenvalue weighted by Gasteiger charge is -2.33. The van der Waals surface area contributed by atoms with Gasteiger partial charge in [0.05, 0.1) is 25.3 Å². The van der Waals surface area contributed by atoms with Crippen molar-refractivity contribution in [1.29, 1.82) is 0 Å². The number of halogens is 5. The Morgan fingerprint density at radius 3 is 2.48 bits per heavy atom. The minimum Gasteiger partial charge on any atom is -0.474 e. The highest BCUT2D eigenvalue weighted by atomic mass is 127. The maximum absolute atomic E-state index is 16.2. The molecular formula is C35H43F4IN6O2. The van der Waals surface area contributed by atoms with Gasteiger partial charge < -0.3 is 20.1 Å². The molecule has 1 unspecified atom stereocenters. The molecule has 0 amide bonds. The van der Waals surface area contributed by atoms with Crippen molar-refractivity contribution >= 4 is 51.5 Å². The Morgan fingerprint density at radius 1 is 1.08 bits per heavy atom. The molecule has 2 fully saturated rings.